The average molecular weight is 346 g/mol. The number of hydrogen-bond acceptors (Lipinski definition) is 3. The summed E-state index contributed by atoms with van der Waals surface area (Å²) in [5.41, 5.74) is 0.856. The Morgan fingerprint density at radius 1 is 1.12 bits per heavy atom. The number of nitrogens with zero attached hydrogens (tertiary/aromatic N) is 1. The third-order valence-electron chi connectivity index (χ3n) is 3.44. The maximum absolute atomic E-state index is 12.1. The maximum atomic E-state index is 12.1. The van der Waals surface area contributed by atoms with Crippen molar-refractivity contribution in [3.63, 3.8) is 0 Å². The molecule has 0 saturated heterocycles. The average Bonchev–Trinajstić information content (AvgIpc) is 2.61. The van der Waals surface area contributed by atoms with Gasteiger partial charge in [0.25, 0.3) is 0 Å². The quantitative estimate of drug-likeness (QED) is 0.714. The minimum Gasteiger partial charge on any atom is -0.496 e. The molecule has 0 bridgehead atoms. The number of amides is 1. The van der Waals surface area contributed by atoms with Gasteiger partial charge >= 0.3 is 0 Å². The third kappa shape index (κ3) is 5.03. The Hall–Kier alpha value is -2.46. The van der Waals surface area contributed by atoms with Crippen LogP contribution in [0.2, 0.25) is 5.02 Å². The summed E-state index contributed by atoms with van der Waals surface area (Å²) in [5, 5.41) is 0.558. The summed E-state index contributed by atoms with van der Waals surface area (Å²) in [6.07, 6.45) is 3.26. The zero-order chi connectivity index (χ0) is 17.4. The lowest BCUT2D eigenvalue weighted by molar-refractivity contribution is -0.125. The van der Waals surface area contributed by atoms with Gasteiger partial charge in [0.15, 0.2) is 0 Å². The van der Waals surface area contributed by atoms with Gasteiger partial charge < -0.3 is 14.4 Å². The van der Waals surface area contributed by atoms with Crippen LogP contribution >= 0.6 is 11.6 Å². The van der Waals surface area contributed by atoms with Gasteiger partial charge in [-0.1, -0.05) is 41.9 Å². The monoisotopic (exact) mass is 345 g/mol. The Bertz CT molecular complexity index is 715. The zero-order valence-corrected chi connectivity index (χ0v) is 14.5. The number of rotatable bonds is 7. The van der Waals surface area contributed by atoms with Crippen molar-refractivity contribution in [3.05, 3.63) is 65.2 Å². The minimum atomic E-state index is -0.108. The summed E-state index contributed by atoms with van der Waals surface area (Å²) in [6, 6.07) is 14.8. The van der Waals surface area contributed by atoms with Gasteiger partial charge in [-0.2, -0.15) is 0 Å². The Kier molecular flexibility index (Phi) is 6.70. The van der Waals surface area contributed by atoms with Crippen LogP contribution < -0.4 is 9.47 Å². The van der Waals surface area contributed by atoms with Crippen molar-refractivity contribution in [1.82, 2.24) is 4.90 Å². The molecule has 1 amide bonds. The number of carbonyl (C=O) groups excluding carboxylic acids is 1. The van der Waals surface area contributed by atoms with Crippen molar-refractivity contribution in [2.45, 2.75) is 0 Å². The molecule has 0 fully saturated rings. The lowest BCUT2D eigenvalue weighted by atomic mass is 10.2. The molecule has 2 aromatic rings. The molecule has 0 aliphatic heterocycles. The van der Waals surface area contributed by atoms with Crippen LogP contribution in [0.15, 0.2) is 54.6 Å². The SMILES string of the molecule is COc1ccccc1C=CC(=O)N(C)CCOc1ccccc1Cl. The predicted molar refractivity (Wildman–Crippen MR) is 96.6 cm³/mol. The lowest BCUT2D eigenvalue weighted by Gasteiger charge is -2.16. The highest BCUT2D eigenvalue weighted by atomic mass is 35.5. The lowest BCUT2D eigenvalue weighted by Crippen LogP contribution is -2.29. The van der Waals surface area contributed by atoms with E-state index in [0.29, 0.717) is 23.9 Å². The number of methoxy groups -OCH3 is 1. The fourth-order valence-corrected chi connectivity index (χ4v) is 2.25. The molecule has 0 radical (unpaired) electrons. The number of para-hydroxylation sites is 2. The number of hydrogen-bond donors (Lipinski definition) is 0. The topological polar surface area (TPSA) is 38.8 Å². The van der Waals surface area contributed by atoms with E-state index in [1.807, 2.05) is 36.4 Å². The molecule has 2 rings (SSSR count). The summed E-state index contributed by atoms with van der Waals surface area (Å²) >= 11 is 6.02. The van der Waals surface area contributed by atoms with Crippen LogP contribution in [0.25, 0.3) is 6.08 Å². The third-order valence-corrected chi connectivity index (χ3v) is 3.75. The van der Waals surface area contributed by atoms with Gasteiger partial charge in [-0.3, -0.25) is 4.79 Å². The van der Waals surface area contributed by atoms with Gasteiger partial charge in [-0.25, -0.2) is 0 Å². The van der Waals surface area contributed by atoms with E-state index in [2.05, 4.69) is 0 Å². The minimum absolute atomic E-state index is 0.108. The standard InChI is InChI=1S/C19H20ClNO3/c1-21(13-14-24-18-10-6-4-8-16(18)20)19(22)12-11-15-7-3-5-9-17(15)23-2/h3-12H,13-14H2,1-2H3. The smallest absolute Gasteiger partial charge is 0.246 e. The first-order valence-corrected chi connectivity index (χ1v) is 7.93. The molecular weight excluding hydrogens is 326 g/mol. The first kappa shape index (κ1) is 17.9. The van der Waals surface area contributed by atoms with E-state index in [9.17, 15) is 4.79 Å². The summed E-state index contributed by atoms with van der Waals surface area (Å²) in [6.45, 7) is 0.828. The van der Waals surface area contributed by atoms with E-state index in [1.165, 1.54) is 6.08 Å². The molecule has 0 aliphatic rings. The van der Waals surface area contributed by atoms with Crippen LogP contribution in [0.5, 0.6) is 11.5 Å². The molecule has 4 nitrogen and oxygen atoms in total. The number of halogens is 1. The summed E-state index contributed by atoms with van der Waals surface area (Å²) in [7, 11) is 3.33. The highest BCUT2D eigenvalue weighted by molar-refractivity contribution is 6.32. The van der Waals surface area contributed by atoms with Gasteiger partial charge in [-0.05, 0) is 24.3 Å². The van der Waals surface area contributed by atoms with Crippen molar-refractivity contribution in [2.75, 3.05) is 27.3 Å². The predicted octanol–water partition coefficient (Wildman–Crippen LogP) is 3.90. The van der Waals surface area contributed by atoms with Crippen LogP contribution in [0.1, 0.15) is 5.56 Å². The Morgan fingerprint density at radius 2 is 1.79 bits per heavy atom. The number of ether oxygens (including phenoxy) is 2. The van der Waals surface area contributed by atoms with Crippen LogP contribution in [0.4, 0.5) is 0 Å². The van der Waals surface area contributed by atoms with Gasteiger partial charge in [0.2, 0.25) is 5.91 Å². The molecule has 126 valence electrons. The van der Waals surface area contributed by atoms with Gasteiger partial charge in [0.05, 0.1) is 18.7 Å². The van der Waals surface area contributed by atoms with Crippen molar-refractivity contribution in [2.24, 2.45) is 0 Å². The second-order valence-corrected chi connectivity index (χ2v) is 5.52. The molecule has 0 aliphatic carbocycles. The molecule has 0 spiro atoms. The summed E-state index contributed by atoms with van der Waals surface area (Å²) < 4.78 is 10.8. The second kappa shape index (κ2) is 8.99. The molecule has 0 N–H and O–H groups in total. The first-order chi connectivity index (χ1) is 11.6. The Morgan fingerprint density at radius 3 is 2.50 bits per heavy atom. The number of likely N-dealkylation sites (N-methyl/N-ethyl adjacent to an activating group) is 1. The van der Waals surface area contributed by atoms with Gasteiger partial charge in [0, 0.05) is 18.7 Å². The highest BCUT2D eigenvalue weighted by Crippen LogP contribution is 2.23. The van der Waals surface area contributed by atoms with E-state index in [4.69, 9.17) is 21.1 Å². The van der Waals surface area contributed by atoms with Gasteiger partial charge in [-0.15, -0.1) is 0 Å². The molecule has 2 aromatic carbocycles. The maximum Gasteiger partial charge on any atom is 0.246 e. The van der Waals surface area contributed by atoms with E-state index in [0.717, 1.165) is 11.3 Å². The van der Waals surface area contributed by atoms with Crippen molar-refractivity contribution >= 4 is 23.6 Å². The molecule has 0 saturated carbocycles. The zero-order valence-electron chi connectivity index (χ0n) is 13.7. The first-order valence-electron chi connectivity index (χ1n) is 7.55. The normalized spacial score (nSPS) is 10.6. The summed E-state index contributed by atoms with van der Waals surface area (Å²) in [5.74, 6) is 1.24. The Labute approximate surface area is 147 Å². The second-order valence-electron chi connectivity index (χ2n) is 5.11. The Balaban J connectivity index is 1.86. The summed E-state index contributed by atoms with van der Waals surface area (Å²) in [4.78, 5) is 13.7. The molecule has 5 heteroatoms. The molecule has 0 aromatic heterocycles. The van der Waals surface area contributed by atoms with Crippen molar-refractivity contribution < 1.29 is 14.3 Å². The molecule has 0 unspecified atom stereocenters. The molecule has 0 heterocycles. The van der Waals surface area contributed by atoms with Crippen LogP contribution in [-0.2, 0) is 4.79 Å². The van der Waals surface area contributed by atoms with E-state index in [-0.39, 0.29) is 5.91 Å². The molecule has 0 atom stereocenters. The molecule has 24 heavy (non-hydrogen) atoms. The highest BCUT2D eigenvalue weighted by Gasteiger charge is 2.06. The fourth-order valence-electron chi connectivity index (χ4n) is 2.06. The molecular formula is C19H20ClNO3. The van der Waals surface area contributed by atoms with Crippen molar-refractivity contribution in [1.29, 1.82) is 0 Å². The van der Waals surface area contributed by atoms with Crippen molar-refractivity contribution in [3.8, 4) is 11.5 Å². The largest absolute Gasteiger partial charge is 0.496 e. The van der Waals surface area contributed by atoms with E-state index >= 15 is 0 Å². The van der Waals surface area contributed by atoms with Crippen LogP contribution in [0.3, 0.4) is 0 Å². The fraction of sp³-hybridized carbons (Fsp3) is 0.211. The van der Waals surface area contributed by atoms with E-state index < -0.39 is 0 Å². The number of carbonyl (C=O) groups is 1. The van der Waals surface area contributed by atoms with E-state index in [1.54, 1.807) is 37.3 Å². The number of benzene rings is 2. The van der Waals surface area contributed by atoms with Crippen LogP contribution in [0, 0.1) is 0 Å². The van der Waals surface area contributed by atoms with Gasteiger partial charge in [0.1, 0.15) is 18.1 Å². The van der Waals surface area contributed by atoms with Crippen LogP contribution in [-0.4, -0.2) is 38.1 Å².